The van der Waals surface area contributed by atoms with Gasteiger partial charge in [-0.1, -0.05) is 0 Å². The number of hydrogen-bond acceptors (Lipinski definition) is 6. The molecule has 1 fully saturated rings. The molecular weight excluding hydrogens is 232 g/mol. The highest BCUT2D eigenvalue weighted by Crippen LogP contribution is 2.30. The summed E-state index contributed by atoms with van der Waals surface area (Å²) in [5.74, 6) is 2.08. The fourth-order valence-electron chi connectivity index (χ4n) is 2.06. The minimum absolute atomic E-state index is 0.187. The van der Waals surface area contributed by atoms with Gasteiger partial charge in [-0.2, -0.15) is 0 Å². The van der Waals surface area contributed by atoms with Crippen LogP contribution in [0, 0.1) is 0 Å². The number of aromatic nitrogens is 2. The second kappa shape index (κ2) is 5.86. The van der Waals surface area contributed by atoms with Crippen molar-refractivity contribution < 1.29 is 9.47 Å². The van der Waals surface area contributed by atoms with Crippen LogP contribution in [0.15, 0.2) is 6.33 Å². The summed E-state index contributed by atoms with van der Waals surface area (Å²) in [6, 6.07) is 0.267. The first-order valence-electron chi connectivity index (χ1n) is 6.27. The van der Waals surface area contributed by atoms with E-state index >= 15 is 0 Å². The highest BCUT2D eigenvalue weighted by Gasteiger charge is 2.26. The fourth-order valence-corrected chi connectivity index (χ4v) is 2.06. The van der Waals surface area contributed by atoms with Crippen molar-refractivity contribution in [3.8, 4) is 5.75 Å². The first-order chi connectivity index (χ1) is 8.76. The van der Waals surface area contributed by atoms with E-state index in [-0.39, 0.29) is 12.1 Å². The van der Waals surface area contributed by atoms with Gasteiger partial charge in [-0.15, -0.1) is 0 Å². The van der Waals surface area contributed by atoms with Gasteiger partial charge in [0.25, 0.3) is 0 Å². The van der Waals surface area contributed by atoms with Crippen molar-refractivity contribution in [3.63, 3.8) is 0 Å². The van der Waals surface area contributed by atoms with E-state index in [0.717, 1.165) is 19.6 Å². The number of methoxy groups -OCH3 is 1. The molecule has 2 N–H and O–H groups in total. The Kier molecular flexibility index (Phi) is 4.19. The number of nitrogens with one attached hydrogen (secondary N) is 2. The molecule has 6 heteroatoms. The first kappa shape index (κ1) is 12.9. The Morgan fingerprint density at radius 1 is 1.44 bits per heavy atom. The molecule has 100 valence electrons. The molecule has 1 aliphatic rings. The van der Waals surface area contributed by atoms with Crippen LogP contribution in [0.3, 0.4) is 0 Å². The normalized spacial score (nSPS) is 22.8. The summed E-state index contributed by atoms with van der Waals surface area (Å²) in [4.78, 5) is 8.42. The maximum absolute atomic E-state index is 5.53. The number of hydrogen-bond donors (Lipinski definition) is 2. The molecule has 2 heterocycles. The fraction of sp³-hybridized carbons (Fsp3) is 0.667. The second-order valence-electron chi connectivity index (χ2n) is 4.25. The third kappa shape index (κ3) is 2.64. The molecule has 0 amide bonds. The van der Waals surface area contributed by atoms with E-state index in [9.17, 15) is 0 Å². The third-order valence-corrected chi connectivity index (χ3v) is 3.05. The summed E-state index contributed by atoms with van der Waals surface area (Å²) >= 11 is 0. The van der Waals surface area contributed by atoms with E-state index < -0.39 is 0 Å². The van der Waals surface area contributed by atoms with Crippen molar-refractivity contribution in [3.05, 3.63) is 6.33 Å². The standard InChI is InChI=1S/C12H20N4O2/c1-4-13-11-10(17-3)12(15-7-14-11)16-9-5-6-18-8(9)2/h7-9H,4-6H2,1-3H3,(H2,13,14,15,16). The predicted molar refractivity (Wildman–Crippen MR) is 70.2 cm³/mol. The molecule has 2 atom stereocenters. The zero-order valence-electron chi connectivity index (χ0n) is 11.1. The highest BCUT2D eigenvalue weighted by molar-refractivity contribution is 5.63. The quantitative estimate of drug-likeness (QED) is 0.828. The summed E-state index contributed by atoms with van der Waals surface area (Å²) in [5, 5.41) is 6.52. The number of rotatable bonds is 5. The molecule has 1 saturated heterocycles. The Morgan fingerprint density at radius 3 is 2.83 bits per heavy atom. The molecule has 0 radical (unpaired) electrons. The van der Waals surface area contributed by atoms with Crippen LogP contribution in [-0.2, 0) is 4.74 Å². The maximum atomic E-state index is 5.53. The molecule has 0 aliphatic carbocycles. The summed E-state index contributed by atoms with van der Waals surface area (Å²) in [5.41, 5.74) is 0. The van der Waals surface area contributed by atoms with Gasteiger partial charge in [0.15, 0.2) is 11.6 Å². The van der Waals surface area contributed by atoms with E-state index in [2.05, 4.69) is 27.5 Å². The van der Waals surface area contributed by atoms with Crippen LogP contribution in [-0.4, -0.2) is 42.4 Å². The molecule has 6 nitrogen and oxygen atoms in total. The molecule has 1 aromatic heterocycles. The van der Waals surface area contributed by atoms with Crippen LogP contribution in [0.25, 0.3) is 0 Å². The van der Waals surface area contributed by atoms with Crippen LogP contribution in [0.1, 0.15) is 20.3 Å². The molecule has 1 aliphatic heterocycles. The van der Waals surface area contributed by atoms with Crippen LogP contribution in [0.4, 0.5) is 11.6 Å². The Labute approximate surface area is 107 Å². The molecule has 2 unspecified atom stereocenters. The molecular formula is C12H20N4O2. The Hall–Kier alpha value is -1.56. The van der Waals surface area contributed by atoms with Gasteiger partial charge in [0.05, 0.1) is 19.3 Å². The third-order valence-electron chi connectivity index (χ3n) is 3.05. The first-order valence-corrected chi connectivity index (χ1v) is 6.27. The van der Waals surface area contributed by atoms with Crippen LogP contribution in [0.5, 0.6) is 5.75 Å². The zero-order valence-corrected chi connectivity index (χ0v) is 11.1. The van der Waals surface area contributed by atoms with Gasteiger partial charge >= 0.3 is 0 Å². The summed E-state index contributed by atoms with van der Waals surface area (Å²) in [6.45, 7) is 5.65. The molecule has 18 heavy (non-hydrogen) atoms. The molecule has 0 spiro atoms. The van der Waals surface area contributed by atoms with Gasteiger partial charge in [-0.3, -0.25) is 0 Å². The summed E-state index contributed by atoms with van der Waals surface area (Å²) in [6.07, 6.45) is 2.70. The monoisotopic (exact) mass is 252 g/mol. The van der Waals surface area contributed by atoms with Crippen molar-refractivity contribution in [2.24, 2.45) is 0 Å². The number of nitrogens with zero attached hydrogens (tertiary/aromatic N) is 2. The van der Waals surface area contributed by atoms with Crippen molar-refractivity contribution in [2.75, 3.05) is 30.9 Å². The van der Waals surface area contributed by atoms with Crippen LogP contribution >= 0.6 is 0 Å². The number of anilines is 2. The van der Waals surface area contributed by atoms with Gasteiger partial charge in [-0.05, 0) is 20.3 Å². The highest BCUT2D eigenvalue weighted by atomic mass is 16.5. The number of ether oxygens (including phenoxy) is 2. The largest absolute Gasteiger partial charge is 0.490 e. The smallest absolute Gasteiger partial charge is 0.204 e. The van der Waals surface area contributed by atoms with Crippen LogP contribution < -0.4 is 15.4 Å². The van der Waals surface area contributed by atoms with Gasteiger partial charge in [-0.25, -0.2) is 9.97 Å². The lowest BCUT2D eigenvalue weighted by atomic mass is 10.1. The van der Waals surface area contributed by atoms with Gasteiger partial charge in [0, 0.05) is 13.2 Å². The second-order valence-corrected chi connectivity index (χ2v) is 4.25. The van der Waals surface area contributed by atoms with E-state index in [1.165, 1.54) is 6.33 Å². The Morgan fingerprint density at radius 2 is 2.22 bits per heavy atom. The van der Waals surface area contributed by atoms with E-state index in [4.69, 9.17) is 9.47 Å². The van der Waals surface area contributed by atoms with Crippen molar-refractivity contribution in [2.45, 2.75) is 32.4 Å². The van der Waals surface area contributed by atoms with Crippen molar-refractivity contribution >= 4 is 11.6 Å². The van der Waals surface area contributed by atoms with Gasteiger partial charge < -0.3 is 20.1 Å². The van der Waals surface area contributed by atoms with Gasteiger partial charge in [0.1, 0.15) is 6.33 Å². The minimum Gasteiger partial charge on any atom is -0.490 e. The van der Waals surface area contributed by atoms with Crippen LogP contribution in [0.2, 0.25) is 0 Å². The Balaban J connectivity index is 2.18. The van der Waals surface area contributed by atoms with Crippen molar-refractivity contribution in [1.82, 2.24) is 9.97 Å². The van der Waals surface area contributed by atoms with E-state index in [1.807, 2.05) is 6.92 Å². The molecule has 1 aromatic rings. The van der Waals surface area contributed by atoms with E-state index in [0.29, 0.717) is 17.4 Å². The van der Waals surface area contributed by atoms with Crippen molar-refractivity contribution in [1.29, 1.82) is 0 Å². The topological polar surface area (TPSA) is 68.3 Å². The average Bonchev–Trinajstić information content (AvgIpc) is 2.76. The molecule has 0 bridgehead atoms. The molecule has 2 rings (SSSR count). The minimum atomic E-state index is 0.187. The lowest BCUT2D eigenvalue weighted by molar-refractivity contribution is 0.121. The lowest BCUT2D eigenvalue weighted by Crippen LogP contribution is -2.27. The maximum Gasteiger partial charge on any atom is 0.204 e. The zero-order chi connectivity index (χ0) is 13.0. The molecule has 0 aromatic carbocycles. The predicted octanol–water partition coefficient (Wildman–Crippen LogP) is 1.51. The van der Waals surface area contributed by atoms with Gasteiger partial charge in [0.2, 0.25) is 5.75 Å². The summed E-state index contributed by atoms with van der Waals surface area (Å²) < 4.78 is 10.9. The lowest BCUT2D eigenvalue weighted by Gasteiger charge is -2.19. The average molecular weight is 252 g/mol. The Bertz CT molecular complexity index is 400. The SMILES string of the molecule is CCNc1ncnc(NC2CCOC2C)c1OC. The summed E-state index contributed by atoms with van der Waals surface area (Å²) in [7, 11) is 1.62. The van der Waals surface area contributed by atoms with E-state index in [1.54, 1.807) is 7.11 Å². The molecule has 0 saturated carbocycles.